The second-order valence-electron chi connectivity index (χ2n) is 5.56. The Balaban J connectivity index is 2.01. The van der Waals surface area contributed by atoms with E-state index in [9.17, 15) is 0 Å². The molecule has 2 N–H and O–H groups in total. The Labute approximate surface area is 126 Å². The maximum atomic E-state index is 6.26. The third kappa shape index (κ3) is 4.11. The molecule has 1 aliphatic rings. The maximum Gasteiger partial charge on any atom is 0.141 e. The van der Waals surface area contributed by atoms with Gasteiger partial charge in [0, 0.05) is 6.04 Å². The van der Waals surface area contributed by atoms with Gasteiger partial charge in [0.1, 0.15) is 12.4 Å². The molecular formula is C16H24ClNO2. The third-order valence-corrected chi connectivity index (χ3v) is 4.09. The molecule has 1 heterocycles. The Morgan fingerprint density at radius 3 is 2.90 bits per heavy atom. The summed E-state index contributed by atoms with van der Waals surface area (Å²) < 4.78 is 11.7. The van der Waals surface area contributed by atoms with Crippen molar-refractivity contribution in [3.63, 3.8) is 0 Å². The van der Waals surface area contributed by atoms with E-state index in [1.807, 2.05) is 18.2 Å². The van der Waals surface area contributed by atoms with Crippen LogP contribution in [-0.2, 0) is 11.2 Å². The molecule has 112 valence electrons. The minimum absolute atomic E-state index is 0.138. The van der Waals surface area contributed by atoms with Crippen LogP contribution in [0.3, 0.4) is 0 Å². The molecule has 0 spiro atoms. The molecule has 20 heavy (non-hydrogen) atoms. The summed E-state index contributed by atoms with van der Waals surface area (Å²) in [5, 5.41) is 0.650. The highest BCUT2D eigenvalue weighted by Crippen LogP contribution is 2.31. The Kier molecular flexibility index (Phi) is 5.70. The molecule has 1 saturated heterocycles. The first-order valence-corrected chi connectivity index (χ1v) is 7.79. The molecule has 0 amide bonds. The molecule has 0 aliphatic carbocycles. The summed E-state index contributed by atoms with van der Waals surface area (Å²) in [5.41, 5.74) is 7.12. The highest BCUT2D eigenvalue weighted by molar-refractivity contribution is 6.32. The zero-order valence-corrected chi connectivity index (χ0v) is 13.0. The quantitative estimate of drug-likeness (QED) is 0.873. The molecule has 3 atom stereocenters. The summed E-state index contributed by atoms with van der Waals surface area (Å²) in [4.78, 5) is 0. The summed E-state index contributed by atoms with van der Waals surface area (Å²) >= 11 is 6.26. The minimum Gasteiger partial charge on any atom is -0.489 e. The first-order chi connectivity index (χ1) is 9.60. The van der Waals surface area contributed by atoms with Crippen molar-refractivity contribution in [2.24, 2.45) is 5.73 Å². The van der Waals surface area contributed by atoms with Gasteiger partial charge in [0.25, 0.3) is 0 Å². The lowest BCUT2D eigenvalue weighted by Crippen LogP contribution is -2.23. The molecule has 0 bridgehead atoms. The fourth-order valence-corrected chi connectivity index (χ4v) is 2.74. The Morgan fingerprint density at radius 2 is 2.25 bits per heavy atom. The number of ether oxygens (including phenoxy) is 2. The van der Waals surface area contributed by atoms with Gasteiger partial charge in [0.05, 0.1) is 17.2 Å². The van der Waals surface area contributed by atoms with Crippen molar-refractivity contribution in [1.82, 2.24) is 0 Å². The summed E-state index contributed by atoms with van der Waals surface area (Å²) in [6.07, 6.45) is 4.39. The van der Waals surface area contributed by atoms with Crippen molar-refractivity contribution in [3.8, 4) is 5.75 Å². The van der Waals surface area contributed by atoms with Crippen molar-refractivity contribution in [3.05, 3.63) is 28.8 Å². The second kappa shape index (κ2) is 7.30. The minimum atomic E-state index is 0.138. The molecule has 4 heteroatoms. The smallest absolute Gasteiger partial charge is 0.141 e. The topological polar surface area (TPSA) is 44.5 Å². The maximum absolute atomic E-state index is 6.26. The van der Waals surface area contributed by atoms with Gasteiger partial charge >= 0.3 is 0 Å². The average molecular weight is 298 g/mol. The molecule has 1 aliphatic heterocycles. The summed E-state index contributed by atoms with van der Waals surface area (Å²) in [6, 6.07) is 5.98. The van der Waals surface area contributed by atoms with Crippen molar-refractivity contribution in [1.29, 1.82) is 0 Å². The van der Waals surface area contributed by atoms with Crippen LogP contribution < -0.4 is 10.5 Å². The highest BCUT2D eigenvalue weighted by Gasteiger charge is 2.23. The molecule has 3 unspecified atom stereocenters. The first kappa shape index (κ1) is 15.6. The van der Waals surface area contributed by atoms with Crippen LogP contribution in [0.2, 0.25) is 5.02 Å². The number of halogens is 1. The van der Waals surface area contributed by atoms with Gasteiger partial charge in [-0.15, -0.1) is 0 Å². The van der Waals surface area contributed by atoms with Crippen LogP contribution in [-0.4, -0.2) is 24.9 Å². The SMILES string of the molecule is CCC(N)Cc1cccc(Cl)c1OCC1CCC(C)O1. The van der Waals surface area contributed by atoms with Crippen LogP contribution >= 0.6 is 11.6 Å². The van der Waals surface area contributed by atoms with Gasteiger partial charge in [-0.2, -0.15) is 0 Å². The molecular weight excluding hydrogens is 274 g/mol. The molecule has 0 radical (unpaired) electrons. The van der Waals surface area contributed by atoms with E-state index in [0.717, 1.165) is 37.0 Å². The number of hydrogen-bond acceptors (Lipinski definition) is 3. The lowest BCUT2D eigenvalue weighted by atomic mass is 10.0. The Hall–Kier alpha value is -0.770. The molecule has 3 nitrogen and oxygen atoms in total. The van der Waals surface area contributed by atoms with Crippen molar-refractivity contribution < 1.29 is 9.47 Å². The van der Waals surface area contributed by atoms with E-state index in [0.29, 0.717) is 17.7 Å². The number of benzene rings is 1. The van der Waals surface area contributed by atoms with Gasteiger partial charge in [-0.05, 0) is 44.2 Å². The normalized spacial score (nSPS) is 23.8. The number of hydrogen-bond donors (Lipinski definition) is 1. The summed E-state index contributed by atoms with van der Waals surface area (Å²) in [5.74, 6) is 0.765. The van der Waals surface area contributed by atoms with Gasteiger partial charge < -0.3 is 15.2 Å². The van der Waals surface area contributed by atoms with Crippen LogP contribution in [0.4, 0.5) is 0 Å². The van der Waals surface area contributed by atoms with Gasteiger partial charge in [-0.1, -0.05) is 30.7 Å². The Morgan fingerprint density at radius 1 is 1.45 bits per heavy atom. The van der Waals surface area contributed by atoms with Crippen LogP contribution in [0.15, 0.2) is 18.2 Å². The van der Waals surface area contributed by atoms with Crippen molar-refractivity contribution in [2.75, 3.05) is 6.61 Å². The summed E-state index contributed by atoms with van der Waals surface area (Å²) in [7, 11) is 0. The zero-order chi connectivity index (χ0) is 14.5. The lowest BCUT2D eigenvalue weighted by Gasteiger charge is -2.18. The predicted molar refractivity (Wildman–Crippen MR) is 82.5 cm³/mol. The van der Waals surface area contributed by atoms with E-state index in [1.54, 1.807) is 0 Å². The van der Waals surface area contributed by atoms with Gasteiger partial charge in [-0.3, -0.25) is 0 Å². The molecule has 0 aromatic heterocycles. The zero-order valence-electron chi connectivity index (χ0n) is 12.3. The van der Waals surface area contributed by atoms with Gasteiger partial charge in [0.2, 0.25) is 0 Å². The van der Waals surface area contributed by atoms with E-state index < -0.39 is 0 Å². The predicted octanol–water partition coefficient (Wildman–Crippen LogP) is 3.57. The molecule has 1 aromatic rings. The van der Waals surface area contributed by atoms with Crippen molar-refractivity contribution >= 4 is 11.6 Å². The van der Waals surface area contributed by atoms with Crippen molar-refractivity contribution in [2.45, 2.75) is 57.8 Å². The highest BCUT2D eigenvalue weighted by atomic mass is 35.5. The van der Waals surface area contributed by atoms with E-state index in [1.165, 1.54) is 0 Å². The number of nitrogens with two attached hydrogens (primary N) is 1. The fraction of sp³-hybridized carbons (Fsp3) is 0.625. The first-order valence-electron chi connectivity index (χ1n) is 7.41. The second-order valence-corrected chi connectivity index (χ2v) is 5.96. The van der Waals surface area contributed by atoms with Gasteiger partial charge in [-0.25, -0.2) is 0 Å². The monoisotopic (exact) mass is 297 g/mol. The van der Waals surface area contributed by atoms with Crippen LogP contribution in [0.1, 0.15) is 38.7 Å². The van der Waals surface area contributed by atoms with Gasteiger partial charge in [0.15, 0.2) is 0 Å². The molecule has 2 rings (SSSR count). The van der Waals surface area contributed by atoms with E-state index in [-0.39, 0.29) is 12.1 Å². The van der Waals surface area contributed by atoms with E-state index >= 15 is 0 Å². The standard InChI is InChI=1S/C16H24ClNO2/c1-3-13(18)9-12-5-4-6-15(17)16(12)19-10-14-8-7-11(2)20-14/h4-6,11,13-14H,3,7-10,18H2,1-2H3. The molecule has 1 aromatic carbocycles. The largest absolute Gasteiger partial charge is 0.489 e. The third-order valence-electron chi connectivity index (χ3n) is 3.79. The van der Waals surface area contributed by atoms with Crippen LogP contribution in [0.5, 0.6) is 5.75 Å². The van der Waals surface area contributed by atoms with E-state index in [4.69, 9.17) is 26.8 Å². The molecule has 1 fully saturated rings. The summed E-state index contributed by atoms with van der Waals surface area (Å²) in [6.45, 7) is 4.74. The Bertz CT molecular complexity index is 438. The van der Waals surface area contributed by atoms with E-state index in [2.05, 4.69) is 13.8 Å². The number of para-hydroxylation sites is 1. The number of rotatable bonds is 6. The lowest BCUT2D eigenvalue weighted by molar-refractivity contribution is 0.0263. The molecule has 0 saturated carbocycles. The van der Waals surface area contributed by atoms with Crippen LogP contribution in [0, 0.1) is 0 Å². The average Bonchev–Trinajstić information content (AvgIpc) is 2.83. The fourth-order valence-electron chi connectivity index (χ4n) is 2.49. The van der Waals surface area contributed by atoms with Crippen LogP contribution in [0.25, 0.3) is 0 Å².